The minimum absolute atomic E-state index is 0.263. The van der Waals surface area contributed by atoms with E-state index >= 15 is 0 Å². The van der Waals surface area contributed by atoms with Crippen LogP contribution in [0.3, 0.4) is 0 Å². The predicted molar refractivity (Wildman–Crippen MR) is 86.7 cm³/mol. The Morgan fingerprint density at radius 2 is 2.33 bits per heavy atom. The normalized spacial score (nSPS) is 22.6. The molecule has 1 saturated carbocycles. The van der Waals surface area contributed by atoms with Gasteiger partial charge in [0.05, 0.1) is 36.1 Å². The summed E-state index contributed by atoms with van der Waals surface area (Å²) < 4.78 is 7.20. The monoisotopic (exact) mass is 313 g/mol. The molecule has 2 rings (SSSR count). The SMILES string of the molecule is CCNC(c1c(Cl)cnn1CCOC)C1CCCC1(C)C. The number of ether oxygens (including phenoxy) is 1. The van der Waals surface area contributed by atoms with Crippen LogP contribution in [0.4, 0.5) is 0 Å². The summed E-state index contributed by atoms with van der Waals surface area (Å²) in [5.74, 6) is 0.591. The fourth-order valence-corrected chi connectivity index (χ4v) is 3.92. The third-order valence-corrected chi connectivity index (χ3v) is 5.09. The van der Waals surface area contributed by atoms with Gasteiger partial charge in [-0.15, -0.1) is 0 Å². The van der Waals surface area contributed by atoms with Gasteiger partial charge in [-0.3, -0.25) is 4.68 Å². The van der Waals surface area contributed by atoms with Gasteiger partial charge in [0.25, 0.3) is 0 Å². The number of nitrogens with zero attached hydrogens (tertiary/aromatic N) is 2. The quantitative estimate of drug-likeness (QED) is 0.835. The van der Waals surface area contributed by atoms with E-state index in [2.05, 4.69) is 31.2 Å². The van der Waals surface area contributed by atoms with Crippen LogP contribution in [0.25, 0.3) is 0 Å². The summed E-state index contributed by atoms with van der Waals surface area (Å²) in [6.07, 6.45) is 5.59. The highest BCUT2D eigenvalue weighted by Gasteiger charge is 2.41. The van der Waals surface area contributed by atoms with Gasteiger partial charge in [-0.1, -0.05) is 38.8 Å². The van der Waals surface area contributed by atoms with Crippen molar-refractivity contribution in [1.82, 2.24) is 15.1 Å². The highest BCUT2D eigenvalue weighted by molar-refractivity contribution is 6.31. The summed E-state index contributed by atoms with van der Waals surface area (Å²) in [6.45, 7) is 9.23. The smallest absolute Gasteiger partial charge is 0.0834 e. The third kappa shape index (κ3) is 3.61. The lowest BCUT2D eigenvalue weighted by Gasteiger charge is -2.35. The van der Waals surface area contributed by atoms with Crippen LogP contribution in [0.5, 0.6) is 0 Å². The fraction of sp³-hybridized carbons (Fsp3) is 0.812. The molecule has 2 atom stereocenters. The fourth-order valence-electron chi connectivity index (χ4n) is 3.66. The maximum atomic E-state index is 6.46. The van der Waals surface area contributed by atoms with Gasteiger partial charge >= 0.3 is 0 Å². The molecule has 4 nitrogen and oxygen atoms in total. The molecule has 21 heavy (non-hydrogen) atoms. The van der Waals surface area contributed by atoms with Crippen molar-refractivity contribution in [3.63, 3.8) is 0 Å². The van der Waals surface area contributed by atoms with Gasteiger partial charge in [0.15, 0.2) is 0 Å². The molecule has 1 N–H and O–H groups in total. The number of rotatable bonds is 7. The molecule has 0 saturated heterocycles. The third-order valence-electron chi connectivity index (χ3n) is 4.80. The summed E-state index contributed by atoms with van der Waals surface area (Å²) in [4.78, 5) is 0. The number of hydrogen-bond donors (Lipinski definition) is 1. The second-order valence-corrected chi connectivity index (χ2v) is 7.02. The molecule has 0 bridgehead atoms. The van der Waals surface area contributed by atoms with E-state index in [1.165, 1.54) is 19.3 Å². The molecule has 2 unspecified atom stereocenters. The van der Waals surface area contributed by atoms with Crippen molar-refractivity contribution in [1.29, 1.82) is 0 Å². The van der Waals surface area contributed by atoms with Gasteiger partial charge in [0.1, 0.15) is 0 Å². The zero-order chi connectivity index (χ0) is 15.5. The average Bonchev–Trinajstić information content (AvgIpc) is 2.97. The largest absolute Gasteiger partial charge is 0.383 e. The summed E-state index contributed by atoms with van der Waals surface area (Å²) in [5.41, 5.74) is 1.46. The van der Waals surface area contributed by atoms with E-state index in [0.717, 1.165) is 23.8 Å². The Morgan fingerprint density at radius 1 is 1.57 bits per heavy atom. The van der Waals surface area contributed by atoms with Crippen molar-refractivity contribution < 1.29 is 4.74 Å². The van der Waals surface area contributed by atoms with E-state index < -0.39 is 0 Å². The second kappa shape index (κ2) is 7.12. The lowest BCUT2D eigenvalue weighted by atomic mass is 9.76. The first-order chi connectivity index (χ1) is 10.0. The minimum Gasteiger partial charge on any atom is -0.383 e. The molecule has 0 amide bonds. The van der Waals surface area contributed by atoms with E-state index in [-0.39, 0.29) is 6.04 Å². The van der Waals surface area contributed by atoms with Crippen LogP contribution >= 0.6 is 11.6 Å². The average molecular weight is 314 g/mol. The second-order valence-electron chi connectivity index (χ2n) is 6.62. The van der Waals surface area contributed by atoms with E-state index in [0.29, 0.717) is 17.9 Å². The standard InChI is InChI=1S/C16H28ClN3O/c1-5-18-14(12-7-6-8-16(12,2)3)15-13(17)11-19-20(15)9-10-21-4/h11-12,14,18H,5-10H2,1-4H3. The Bertz CT molecular complexity index is 458. The summed E-state index contributed by atoms with van der Waals surface area (Å²) in [7, 11) is 1.71. The van der Waals surface area contributed by atoms with E-state index in [4.69, 9.17) is 16.3 Å². The maximum absolute atomic E-state index is 6.46. The van der Waals surface area contributed by atoms with E-state index in [9.17, 15) is 0 Å². The van der Waals surface area contributed by atoms with Crippen LogP contribution in [-0.2, 0) is 11.3 Å². The maximum Gasteiger partial charge on any atom is 0.0834 e. The summed E-state index contributed by atoms with van der Waals surface area (Å²) in [5, 5.41) is 8.86. The zero-order valence-corrected chi connectivity index (χ0v) is 14.4. The number of aromatic nitrogens is 2. The Balaban J connectivity index is 2.31. The summed E-state index contributed by atoms with van der Waals surface area (Å²) in [6, 6.07) is 0.263. The molecule has 0 radical (unpaired) electrons. The van der Waals surface area contributed by atoms with Gasteiger partial charge in [0.2, 0.25) is 0 Å². The molecule has 120 valence electrons. The van der Waals surface area contributed by atoms with Gasteiger partial charge < -0.3 is 10.1 Å². The first-order valence-electron chi connectivity index (χ1n) is 7.94. The van der Waals surface area contributed by atoms with Gasteiger partial charge in [-0.25, -0.2) is 0 Å². The van der Waals surface area contributed by atoms with Crippen LogP contribution in [-0.4, -0.2) is 30.0 Å². The molecule has 5 heteroatoms. The van der Waals surface area contributed by atoms with Crippen molar-refractivity contribution in [3.05, 3.63) is 16.9 Å². The molecule has 1 aliphatic rings. The van der Waals surface area contributed by atoms with Crippen molar-refractivity contribution in [2.24, 2.45) is 11.3 Å². The highest BCUT2D eigenvalue weighted by atomic mass is 35.5. The van der Waals surface area contributed by atoms with Crippen molar-refractivity contribution in [2.45, 2.75) is 52.6 Å². The molecule has 0 spiro atoms. The van der Waals surface area contributed by atoms with Crippen LogP contribution in [0.1, 0.15) is 51.8 Å². The first kappa shape index (κ1) is 16.8. The van der Waals surface area contributed by atoms with Gasteiger partial charge in [-0.2, -0.15) is 5.10 Å². The first-order valence-corrected chi connectivity index (χ1v) is 8.32. The molecule has 1 fully saturated rings. The number of methoxy groups -OCH3 is 1. The molecular formula is C16H28ClN3O. The molecule has 1 aromatic heterocycles. The van der Waals surface area contributed by atoms with Crippen LogP contribution in [0.2, 0.25) is 5.02 Å². The topological polar surface area (TPSA) is 39.1 Å². The minimum atomic E-state index is 0.263. The Morgan fingerprint density at radius 3 is 2.90 bits per heavy atom. The van der Waals surface area contributed by atoms with Gasteiger partial charge in [-0.05, 0) is 30.7 Å². The zero-order valence-electron chi connectivity index (χ0n) is 13.7. The molecule has 1 heterocycles. The molecule has 1 aromatic rings. The number of halogens is 1. The van der Waals surface area contributed by atoms with E-state index in [1.807, 2.05) is 4.68 Å². The van der Waals surface area contributed by atoms with Gasteiger partial charge in [0, 0.05) is 7.11 Å². The Labute approximate surface area is 133 Å². The summed E-state index contributed by atoms with van der Waals surface area (Å²) >= 11 is 6.46. The molecule has 0 aromatic carbocycles. The highest BCUT2D eigenvalue weighted by Crippen LogP contribution is 2.49. The Kier molecular flexibility index (Phi) is 5.69. The lowest BCUT2D eigenvalue weighted by molar-refractivity contribution is 0.171. The predicted octanol–water partition coefficient (Wildman–Crippen LogP) is 3.66. The molecular weight excluding hydrogens is 286 g/mol. The van der Waals surface area contributed by atoms with Crippen molar-refractivity contribution in [3.8, 4) is 0 Å². The lowest BCUT2D eigenvalue weighted by Crippen LogP contribution is -2.35. The van der Waals surface area contributed by atoms with Crippen molar-refractivity contribution >= 4 is 11.6 Å². The van der Waals surface area contributed by atoms with E-state index in [1.54, 1.807) is 13.3 Å². The van der Waals surface area contributed by atoms with Crippen molar-refractivity contribution in [2.75, 3.05) is 20.3 Å². The van der Waals surface area contributed by atoms with Crippen LogP contribution in [0.15, 0.2) is 6.20 Å². The number of nitrogens with one attached hydrogen (secondary N) is 1. The molecule has 1 aliphatic carbocycles. The van der Waals surface area contributed by atoms with Crippen LogP contribution in [0, 0.1) is 11.3 Å². The van der Waals surface area contributed by atoms with Crippen LogP contribution < -0.4 is 5.32 Å². The Hall–Kier alpha value is -0.580. The molecule has 0 aliphatic heterocycles. The number of hydrogen-bond acceptors (Lipinski definition) is 3.